The summed E-state index contributed by atoms with van der Waals surface area (Å²) in [5.41, 5.74) is 1.10. The Morgan fingerprint density at radius 3 is 2.50 bits per heavy atom. The number of ether oxygens (including phenoxy) is 1. The standard InChI is InChI=1S/C18H19N3O5/c1-19-16-9-8-14(21(24)25)10-15(16)18(23)26-12-17(22)20(2)11-13-6-4-3-5-7-13/h3-10,19H,11-12H2,1-2H3. The molecule has 0 fully saturated rings. The van der Waals surface area contributed by atoms with E-state index in [1.807, 2.05) is 30.3 Å². The van der Waals surface area contributed by atoms with Gasteiger partial charge in [-0.2, -0.15) is 0 Å². The third-order valence-electron chi connectivity index (χ3n) is 3.72. The Morgan fingerprint density at radius 1 is 1.19 bits per heavy atom. The number of hydrogen-bond acceptors (Lipinski definition) is 6. The van der Waals surface area contributed by atoms with E-state index >= 15 is 0 Å². The lowest BCUT2D eigenvalue weighted by Crippen LogP contribution is -2.30. The summed E-state index contributed by atoms with van der Waals surface area (Å²) in [6, 6.07) is 13.2. The number of hydrogen-bond donors (Lipinski definition) is 1. The van der Waals surface area contributed by atoms with Crippen molar-refractivity contribution in [2.24, 2.45) is 0 Å². The minimum Gasteiger partial charge on any atom is -0.452 e. The molecular weight excluding hydrogens is 338 g/mol. The monoisotopic (exact) mass is 357 g/mol. The van der Waals surface area contributed by atoms with Crippen LogP contribution in [0.1, 0.15) is 15.9 Å². The summed E-state index contributed by atoms with van der Waals surface area (Å²) < 4.78 is 5.03. The van der Waals surface area contributed by atoms with Crippen molar-refractivity contribution >= 4 is 23.3 Å². The van der Waals surface area contributed by atoms with E-state index in [2.05, 4.69) is 5.32 Å². The summed E-state index contributed by atoms with van der Waals surface area (Å²) in [7, 11) is 3.19. The lowest BCUT2D eigenvalue weighted by Gasteiger charge is -2.17. The molecule has 0 unspecified atom stereocenters. The number of carbonyl (C=O) groups is 2. The second-order valence-corrected chi connectivity index (χ2v) is 5.55. The molecule has 136 valence electrons. The van der Waals surface area contributed by atoms with Gasteiger partial charge in [-0.25, -0.2) is 4.79 Å². The van der Waals surface area contributed by atoms with Crippen LogP contribution in [0.4, 0.5) is 11.4 Å². The molecule has 0 atom stereocenters. The molecule has 8 nitrogen and oxygen atoms in total. The van der Waals surface area contributed by atoms with Gasteiger partial charge in [-0.3, -0.25) is 14.9 Å². The Balaban J connectivity index is 2.00. The maximum atomic E-state index is 12.2. The molecule has 1 N–H and O–H groups in total. The van der Waals surface area contributed by atoms with Gasteiger partial charge < -0.3 is 15.0 Å². The van der Waals surface area contributed by atoms with Gasteiger partial charge in [0.05, 0.1) is 10.5 Å². The second kappa shape index (κ2) is 8.61. The average Bonchev–Trinajstić information content (AvgIpc) is 2.65. The van der Waals surface area contributed by atoms with Crippen molar-refractivity contribution in [2.75, 3.05) is 26.0 Å². The summed E-state index contributed by atoms with van der Waals surface area (Å²) >= 11 is 0. The Labute approximate surface area is 150 Å². The van der Waals surface area contributed by atoms with Crippen molar-refractivity contribution < 1.29 is 19.2 Å². The third-order valence-corrected chi connectivity index (χ3v) is 3.72. The van der Waals surface area contributed by atoms with E-state index in [-0.39, 0.29) is 17.2 Å². The van der Waals surface area contributed by atoms with Gasteiger partial charge in [-0.15, -0.1) is 0 Å². The number of nitrogens with one attached hydrogen (secondary N) is 1. The van der Waals surface area contributed by atoms with Gasteiger partial charge in [-0.1, -0.05) is 30.3 Å². The molecule has 0 aliphatic heterocycles. The highest BCUT2D eigenvalue weighted by Gasteiger charge is 2.19. The fourth-order valence-corrected chi connectivity index (χ4v) is 2.29. The van der Waals surface area contributed by atoms with Gasteiger partial charge in [0, 0.05) is 38.5 Å². The third kappa shape index (κ3) is 4.79. The predicted molar refractivity (Wildman–Crippen MR) is 95.8 cm³/mol. The Bertz CT molecular complexity index is 808. The van der Waals surface area contributed by atoms with Crippen molar-refractivity contribution in [1.29, 1.82) is 0 Å². The molecule has 2 rings (SSSR count). The van der Waals surface area contributed by atoms with Crippen LogP contribution in [-0.4, -0.2) is 42.4 Å². The van der Waals surface area contributed by atoms with Crippen LogP contribution in [0.15, 0.2) is 48.5 Å². The SMILES string of the molecule is CNc1ccc([N+](=O)[O-])cc1C(=O)OCC(=O)N(C)Cc1ccccc1. The largest absolute Gasteiger partial charge is 0.452 e. The number of anilines is 1. The number of rotatable bonds is 7. The molecule has 0 aromatic heterocycles. The first-order chi connectivity index (χ1) is 12.4. The molecule has 1 amide bonds. The number of likely N-dealkylation sites (N-methyl/N-ethyl adjacent to an activating group) is 1. The van der Waals surface area contributed by atoms with Crippen molar-refractivity contribution in [3.05, 3.63) is 69.8 Å². The van der Waals surface area contributed by atoms with Gasteiger partial charge in [0.25, 0.3) is 11.6 Å². The highest BCUT2D eigenvalue weighted by molar-refractivity contribution is 5.97. The zero-order valence-corrected chi connectivity index (χ0v) is 14.5. The van der Waals surface area contributed by atoms with Gasteiger partial charge in [0.2, 0.25) is 0 Å². The lowest BCUT2D eigenvalue weighted by molar-refractivity contribution is -0.384. The van der Waals surface area contributed by atoms with E-state index in [9.17, 15) is 19.7 Å². The number of esters is 1. The van der Waals surface area contributed by atoms with Gasteiger partial charge in [0.1, 0.15) is 0 Å². The summed E-state index contributed by atoms with van der Waals surface area (Å²) in [5, 5.41) is 13.6. The minimum atomic E-state index is -0.806. The second-order valence-electron chi connectivity index (χ2n) is 5.55. The zero-order valence-electron chi connectivity index (χ0n) is 14.5. The molecule has 0 spiro atoms. The molecule has 0 aliphatic carbocycles. The molecule has 0 saturated heterocycles. The van der Waals surface area contributed by atoms with E-state index in [0.29, 0.717) is 12.2 Å². The van der Waals surface area contributed by atoms with Crippen molar-refractivity contribution in [3.63, 3.8) is 0 Å². The number of non-ortho nitro benzene ring substituents is 1. The van der Waals surface area contributed by atoms with Crippen LogP contribution in [-0.2, 0) is 16.1 Å². The highest BCUT2D eigenvalue weighted by atomic mass is 16.6. The first kappa shape index (κ1) is 18.9. The van der Waals surface area contributed by atoms with Gasteiger partial charge in [-0.05, 0) is 11.6 Å². The Hall–Kier alpha value is -3.42. The van der Waals surface area contributed by atoms with Crippen molar-refractivity contribution in [1.82, 2.24) is 4.90 Å². The minimum absolute atomic E-state index is 0.000197. The number of amides is 1. The van der Waals surface area contributed by atoms with Crippen LogP contribution in [0.2, 0.25) is 0 Å². The van der Waals surface area contributed by atoms with Crippen LogP contribution >= 0.6 is 0 Å². The number of nitro benzene ring substituents is 1. The molecule has 26 heavy (non-hydrogen) atoms. The zero-order chi connectivity index (χ0) is 19.1. The Kier molecular flexibility index (Phi) is 6.26. The predicted octanol–water partition coefficient (Wildman–Crippen LogP) is 2.45. The summed E-state index contributed by atoms with van der Waals surface area (Å²) in [5.74, 6) is -1.18. The van der Waals surface area contributed by atoms with E-state index in [4.69, 9.17) is 4.74 Å². The maximum absolute atomic E-state index is 12.2. The normalized spacial score (nSPS) is 10.1. The number of nitrogens with zero attached hydrogens (tertiary/aromatic N) is 2. The first-order valence-electron chi connectivity index (χ1n) is 7.83. The smallest absolute Gasteiger partial charge is 0.341 e. The number of carbonyl (C=O) groups excluding carboxylic acids is 2. The van der Waals surface area contributed by atoms with E-state index in [1.54, 1.807) is 14.1 Å². The number of nitro groups is 1. The molecule has 0 aliphatic rings. The van der Waals surface area contributed by atoms with Crippen LogP contribution in [0.3, 0.4) is 0 Å². The quantitative estimate of drug-likeness (QED) is 0.464. The van der Waals surface area contributed by atoms with Crippen molar-refractivity contribution in [2.45, 2.75) is 6.54 Å². The summed E-state index contributed by atoms with van der Waals surface area (Å²) in [6.07, 6.45) is 0. The average molecular weight is 357 g/mol. The molecule has 8 heteroatoms. The highest BCUT2D eigenvalue weighted by Crippen LogP contribution is 2.22. The molecule has 0 heterocycles. The topological polar surface area (TPSA) is 102 Å². The van der Waals surface area contributed by atoms with Crippen LogP contribution in [0.25, 0.3) is 0 Å². The van der Waals surface area contributed by atoms with Crippen molar-refractivity contribution in [3.8, 4) is 0 Å². The molecule has 0 saturated carbocycles. The first-order valence-corrected chi connectivity index (χ1v) is 7.83. The van der Waals surface area contributed by atoms with E-state index in [1.165, 1.54) is 17.0 Å². The molecule has 2 aromatic rings. The maximum Gasteiger partial charge on any atom is 0.341 e. The summed E-state index contributed by atoms with van der Waals surface area (Å²) in [4.78, 5) is 36.1. The van der Waals surface area contributed by atoms with E-state index in [0.717, 1.165) is 11.6 Å². The number of benzene rings is 2. The lowest BCUT2D eigenvalue weighted by atomic mass is 10.1. The molecule has 0 radical (unpaired) electrons. The molecular formula is C18H19N3O5. The van der Waals surface area contributed by atoms with Gasteiger partial charge in [0.15, 0.2) is 6.61 Å². The fraction of sp³-hybridized carbons (Fsp3) is 0.222. The van der Waals surface area contributed by atoms with Gasteiger partial charge >= 0.3 is 5.97 Å². The summed E-state index contributed by atoms with van der Waals surface area (Å²) in [6.45, 7) is -0.0657. The fourth-order valence-electron chi connectivity index (χ4n) is 2.29. The Morgan fingerprint density at radius 2 is 1.88 bits per heavy atom. The molecule has 2 aromatic carbocycles. The van der Waals surface area contributed by atoms with Crippen LogP contribution in [0, 0.1) is 10.1 Å². The molecule has 0 bridgehead atoms. The van der Waals surface area contributed by atoms with Crippen LogP contribution in [0.5, 0.6) is 0 Å². The van der Waals surface area contributed by atoms with Crippen LogP contribution < -0.4 is 5.32 Å². The van der Waals surface area contributed by atoms with E-state index < -0.39 is 17.5 Å².